The third kappa shape index (κ3) is 12.6. The number of benzene rings is 3. The zero-order valence-electron chi connectivity index (χ0n) is 46.9. The van der Waals surface area contributed by atoms with E-state index >= 15 is 0 Å². The molecule has 3 aliphatic carbocycles. The summed E-state index contributed by atoms with van der Waals surface area (Å²) in [5, 5.41) is 34.7. The number of pyridine rings is 3. The van der Waals surface area contributed by atoms with Crippen LogP contribution >= 0.6 is 22.7 Å². The van der Waals surface area contributed by atoms with Gasteiger partial charge < -0.3 is 4.98 Å². The Labute approximate surface area is 486 Å². The molecule has 0 spiro atoms. The molecule has 0 unspecified atom stereocenters. The molecule has 9 atom stereocenters. The van der Waals surface area contributed by atoms with Crippen molar-refractivity contribution in [2.75, 3.05) is 0 Å². The second-order valence-corrected chi connectivity index (χ2v) is 24.0. The maximum absolute atomic E-state index is 9.29. The van der Waals surface area contributed by atoms with Gasteiger partial charge in [0, 0.05) is 86.5 Å². The van der Waals surface area contributed by atoms with Crippen molar-refractivity contribution >= 4 is 40.9 Å². The van der Waals surface area contributed by atoms with E-state index in [1.54, 1.807) is 0 Å². The number of hydrogen-bond acceptors (Lipinski definition) is 8. The number of aromatic nitrogens is 4. The van der Waals surface area contributed by atoms with Gasteiger partial charge in [-0.1, -0.05) is 133 Å². The summed E-state index contributed by atoms with van der Waals surface area (Å²) in [4.78, 5) is 18.8. The van der Waals surface area contributed by atoms with Crippen molar-refractivity contribution < 1.29 is 0 Å². The van der Waals surface area contributed by atoms with Gasteiger partial charge in [-0.05, 0) is 160 Å². The van der Waals surface area contributed by atoms with Gasteiger partial charge in [-0.2, -0.15) is 27.1 Å². The van der Waals surface area contributed by atoms with E-state index in [4.69, 9.17) is 0 Å². The van der Waals surface area contributed by atoms with E-state index in [9.17, 15) is 15.8 Å². The van der Waals surface area contributed by atoms with Gasteiger partial charge in [0.1, 0.15) is 0 Å². The molecule has 0 aliphatic heterocycles. The Hall–Kier alpha value is -8.52. The highest BCUT2D eigenvalue weighted by atomic mass is 32.1. The molecule has 1 N–H and O–H groups in total. The number of rotatable bonds is 9. The van der Waals surface area contributed by atoms with Crippen LogP contribution in [0.4, 0.5) is 0 Å². The molecular weight excluding hydrogens is 1030 g/mol. The predicted molar refractivity (Wildman–Crippen MR) is 334 cm³/mol. The van der Waals surface area contributed by atoms with Crippen LogP contribution in [0.1, 0.15) is 126 Å². The van der Waals surface area contributed by atoms with Crippen LogP contribution in [-0.2, 0) is 19.3 Å². The van der Waals surface area contributed by atoms with E-state index in [2.05, 4.69) is 151 Å². The van der Waals surface area contributed by atoms with E-state index in [0.717, 1.165) is 56.9 Å². The summed E-state index contributed by atoms with van der Waals surface area (Å²) in [7, 11) is 0. The van der Waals surface area contributed by atoms with Crippen molar-refractivity contribution in [1.82, 2.24) is 19.9 Å². The van der Waals surface area contributed by atoms with Crippen molar-refractivity contribution in [2.24, 2.45) is 35.5 Å². The van der Waals surface area contributed by atoms with Crippen LogP contribution in [0.15, 0.2) is 180 Å². The van der Waals surface area contributed by atoms with Crippen molar-refractivity contribution in [1.29, 1.82) is 15.8 Å². The lowest BCUT2D eigenvalue weighted by Crippen LogP contribution is -2.24. The Morgan fingerprint density at radius 2 is 0.901 bits per heavy atom. The van der Waals surface area contributed by atoms with Crippen LogP contribution in [0.25, 0.3) is 51.6 Å². The third-order valence-electron chi connectivity index (χ3n) is 17.3. The topological polar surface area (TPSA) is 126 Å². The van der Waals surface area contributed by atoms with Crippen LogP contribution in [0.5, 0.6) is 0 Å². The second kappa shape index (κ2) is 25.7. The predicted octanol–water partition coefficient (Wildman–Crippen LogP) is 18.2. The molecule has 81 heavy (non-hydrogen) atoms. The lowest BCUT2D eigenvalue weighted by atomic mass is 9.72. The highest BCUT2D eigenvalue weighted by Crippen LogP contribution is 2.44. The number of nitrogens with one attached hydrogen (secondary N) is 1. The molecule has 0 amide bonds. The molecule has 9 aromatic rings. The first-order valence-electron chi connectivity index (χ1n) is 28.2. The molecule has 3 aliphatic rings. The van der Waals surface area contributed by atoms with Crippen molar-refractivity contribution in [3.8, 4) is 51.6 Å². The van der Waals surface area contributed by atoms with Crippen LogP contribution < -0.4 is 0 Å². The van der Waals surface area contributed by atoms with E-state index in [1.165, 1.54) is 45.7 Å². The van der Waals surface area contributed by atoms with Crippen molar-refractivity contribution in [3.05, 3.63) is 247 Å². The number of nitriles is 3. The smallest absolute Gasteiger partial charge is 0.0998 e. The molecule has 0 saturated heterocycles. The maximum Gasteiger partial charge on any atom is 0.0998 e. The Morgan fingerprint density at radius 1 is 0.469 bits per heavy atom. The van der Waals surface area contributed by atoms with Crippen LogP contribution in [0.2, 0.25) is 0 Å². The fourth-order valence-corrected chi connectivity index (χ4v) is 13.9. The van der Waals surface area contributed by atoms with E-state index in [0.29, 0.717) is 70.0 Å². The Bertz CT molecular complexity index is 3420. The molecule has 0 bridgehead atoms. The standard InChI is InChI=1S/C24H23N3.2C24H22N2S/c1-16-13-18-11-12-26-24(18)22(17(16)2)10-9-21-8-7-20(15-27-21)23-6-4-3-5-19(23)14-25;1-16-11-20-14-27-15-24(20)22(17(16)2)10-9-21-8-7-19(13-26-21)23-6-4-3-5-18(23)12-25;1-16-13-24-23(11-12-27-24)21(17(16)2)10-9-20-8-7-19(15-26-20)22-6-4-3-5-18(22)14-25/h3-12,15-17,22,26H,13H2,1-2H3;3-10,13-17,22H,11H2,1-2H3;3-12,15-17,21H,13H2,1-2H3/b3*10-9+/t2*16-,17+,22-;16-,17+,21-/m000/s1. The molecule has 0 radical (unpaired) electrons. The fourth-order valence-electron chi connectivity index (χ4n) is 11.9. The van der Waals surface area contributed by atoms with Crippen LogP contribution in [-0.4, -0.2) is 19.9 Å². The van der Waals surface area contributed by atoms with E-state index in [1.807, 2.05) is 150 Å². The van der Waals surface area contributed by atoms with Crippen molar-refractivity contribution in [2.45, 2.75) is 78.6 Å². The summed E-state index contributed by atoms with van der Waals surface area (Å²) in [6, 6.07) is 46.4. The maximum atomic E-state index is 9.29. The number of fused-ring (bicyclic) bond motifs is 3. The van der Waals surface area contributed by atoms with Gasteiger partial charge in [-0.15, -0.1) is 11.3 Å². The van der Waals surface area contributed by atoms with E-state index < -0.39 is 0 Å². The molecule has 402 valence electrons. The summed E-state index contributed by atoms with van der Waals surface area (Å²) in [6.07, 6.45) is 24.5. The Balaban J connectivity index is 0.000000136. The number of aromatic amines is 1. The van der Waals surface area contributed by atoms with Gasteiger partial charge in [0.05, 0.1) is 52.0 Å². The quantitative estimate of drug-likeness (QED) is 0.153. The minimum Gasteiger partial charge on any atom is -0.364 e. The highest BCUT2D eigenvalue weighted by Gasteiger charge is 2.33. The highest BCUT2D eigenvalue weighted by molar-refractivity contribution is 7.10. The zero-order chi connectivity index (χ0) is 56.4. The summed E-state index contributed by atoms with van der Waals surface area (Å²) in [5.41, 5.74) is 17.8. The normalized spacial score (nSPS) is 21.7. The monoisotopic (exact) mass is 1090 g/mol. The SMILES string of the molecule is C[C@H]1[C@H](/C=C/c2ccc(-c3ccccc3C#N)cn2)c2[nH]ccc2C[C@@H]1C.C[C@H]1[C@H](/C=C/c2ccc(-c3ccccc3C#N)cn2)c2ccsc2C[C@@H]1C.C[C@H]1[C@H](/C=C/c2ccc(-c3ccccc3C#N)cn2)c2cscc2C[C@@H]1C. The largest absolute Gasteiger partial charge is 0.364 e. The van der Waals surface area contributed by atoms with Gasteiger partial charge in [-0.3, -0.25) is 15.0 Å². The Morgan fingerprint density at radius 3 is 1.37 bits per heavy atom. The number of hydrogen-bond donors (Lipinski definition) is 1. The average Bonchev–Trinajstić information content (AvgIpc) is 4.42. The molecule has 6 aromatic heterocycles. The molecule has 0 fully saturated rings. The van der Waals surface area contributed by atoms with Crippen LogP contribution in [0.3, 0.4) is 0 Å². The summed E-state index contributed by atoms with van der Waals surface area (Å²) >= 11 is 3.70. The van der Waals surface area contributed by atoms with E-state index in [-0.39, 0.29) is 0 Å². The van der Waals surface area contributed by atoms with Gasteiger partial charge >= 0.3 is 0 Å². The summed E-state index contributed by atoms with van der Waals surface area (Å²) in [6.45, 7) is 14.1. The lowest BCUT2D eigenvalue weighted by molar-refractivity contribution is 0.329. The average molecular weight is 1090 g/mol. The zero-order valence-corrected chi connectivity index (χ0v) is 48.5. The summed E-state index contributed by atoms with van der Waals surface area (Å²) in [5.74, 6) is 5.21. The van der Waals surface area contributed by atoms with Crippen LogP contribution in [0, 0.1) is 69.5 Å². The molecule has 6 heterocycles. The number of allylic oxidation sites excluding steroid dienone is 3. The number of nitrogens with zero attached hydrogens (tertiary/aromatic N) is 6. The molecule has 9 heteroatoms. The minimum atomic E-state index is 0.388. The number of thiophene rings is 2. The van der Waals surface area contributed by atoms with Crippen molar-refractivity contribution in [3.63, 3.8) is 0 Å². The fraction of sp³-hybridized carbons (Fsp3) is 0.250. The summed E-state index contributed by atoms with van der Waals surface area (Å²) < 4.78 is 0. The Kier molecular flexibility index (Phi) is 17.7. The lowest BCUT2D eigenvalue weighted by Gasteiger charge is -2.32. The molecule has 3 aromatic carbocycles. The van der Waals surface area contributed by atoms with Gasteiger partial charge in [0.25, 0.3) is 0 Å². The second-order valence-electron chi connectivity index (χ2n) is 22.2. The third-order valence-corrected chi connectivity index (χ3v) is 19.1. The minimum absolute atomic E-state index is 0.388. The van der Waals surface area contributed by atoms with Gasteiger partial charge in [0.15, 0.2) is 0 Å². The first kappa shape index (κ1) is 55.8. The number of H-pyrrole nitrogens is 1. The molecular formula is C72H67N7S2. The molecule has 0 saturated carbocycles. The van der Waals surface area contributed by atoms with Gasteiger partial charge in [-0.25, -0.2) is 0 Å². The first-order chi connectivity index (χ1) is 39.5. The molecule has 12 rings (SSSR count). The first-order valence-corrected chi connectivity index (χ1v) is 30.0. The molecule has 7 nitrogen and oxygen atoms in total. The van der Waals surface area contributed by atoms with Gasteiger partial charge in [0.2, 0.25) is 0 Å².